The Kier molecular flexibility index (Phi) is 3.60. The third-order valence-corrected chi connectivity index (χ3v) is 3.19. The van der Waals surface area contributed by atoms with E-state index in [2.05, 4.69) is 30.6 Å². The minimum atomic E-state index is 0.475. The van der Waals surface area contributed by atoms with Crippen LogP contribution in [-0.2, 0) is 0 Å². The fraction of sp³-hybridized carbons (Fsp3) is 0.385. The van der Waals surface area contributed by atoms with E-state index in [0.29, 0.717) is 17.7 Å². The SMILES string of the molecule is c1cnc(Nc2cnc([C@H]3CCCNC3)cn2)nc1. The molecule has 0 spiro atoms. The highest BCUT2D eigenvalue weighted by Crippen LogP contribution is 2.21. The molecule has 2 aromatic rings. The fourth-order valence-corrected chi connectivity index (χ4v) is 2.20. The fourth-order valence-electron chi connectivity index (χ4n) is 2.20. The molecule has 2 N–H and O–H groups in total. The van der Waals surface area contributed by atoms with Gasteiger partial charge in [-0.3, -0.25) is 4.98 Å². The summed E-state index contributed by atoms with van der Waals surface area (Å²) in [5, 5.41) is 6.41. The molecule has 1 atom stereocenters. The van der Waals surface area contributed by atoms with Crippen LogP contribution in [0.4, 0.5) is 11.8 Å². The Morgan fingerprint density at radius 1 is 1.11 bits per heavy atom. The van der Waals surface area contributed by atoms with E-state index in [9.17, 15) is 0 Å². The van der Waals surface area contributed by atoms with Crippen molar-refractivity contribution in [2.75, 3.05) is 18.4 Å². The van der Waals surface area contributed by atoms with E-state index in [1.807, 2.05) is 6.20 Å². The van der Waals surface area contributed by atoms with Gasteiger partial charge in [-0.25, -0.2) is 15.0 Å². The zero-order valence-electron chi connectivity index (χ0n) is 10.6. The first-order valence-corrected chi connectivity index (χ1v) is 6.48. The number of piperidine rings is 1. The van der Waals surface area contributed by atoms with Gasteiger partial charge < -0.3 is 10.6 Å². The molecule has 0 unspecified atom stereocenters. The lowest BCUT2D eigenvalue weighted by Crippen LogP contribution is -2.28. The van der Waals surface area contributed by atoms with Gasteiger partial charge in [-0.2, -0.15) is 0 Å². The lowest BCUT2D eigenvalue weighted by molar-refractivity contribution is 0.454. The van der Waals surface area contributed by atoms with Crippen LogP contribution in [0, 0.1) is 0 Å². The zero-order chi connectivity index (χ0) is 12.9. The molecule has 0 amide bonds. The summed E-state index contributed by atoms with van der Waals surface area (Å²) in [6.45, 7) is 2.10. The van der Waals surface area contributed by atoms with Crippen LogP contribution in [0.25, 0.3) is 0 Å². The summed E-state index contributed by atoms with van der Waals surface area (Å²) in [4.78, 5) is 17.0. The Labute approximate surface area is 111 Å². The molecule has 1 aliphatic heterocycles. The van der Waals surface area contributed by atoms with Crippen molar-refractivity contribution in [2.45, 2.75) is 18.8 Å². The van der Waals surface area contributed by atoms with Crippen LogP contribution in [0.2, 0.25) is 0 Å². The predicted molar refractivity (Wildman–Crippen MR) is 72.2 cm³/mol. The van der Waals surface area contributed by atoms with E-state index < -0.39 is 0 Å². The lowest BCUT2D eigenvalue weighted by atomic mass is 9.97. The summed E-state index contributed by atoms with van der Waals surface area (Å²) < 4.78 is 0. The topological polar surface area (TPSA) is 75.6 Å². The van der Waals surface area contributed by atoms with Gasteiger partial charge in [0.05, 0.1) is 18.1 Å². The summed E-state index contributed by atoms with van der Waals surface area (Å²) in [7, 11) is 0. The smallest absolute Gasteiger partial charge is 0.228 e. The third kappa shape index (κ3) is 3.03. The van der Waals surface area contributed by atoms with Gasteiger partial charge in [0.25, 0.3) is 0 Å². The van der Waals surface area contributed by atoms with Gasteiger partial charge in [0.1, 0.15) is 0 Å². The minimum absolute atomic E-state index is 0.475. The number of hydrogen-bond donors (Lipinski definition) is 2. The van der Waals surface area contributed by atoms with E-state index in [1.165, 1.54) is 12.8 Å². The van der Waals surface area contributed by atoms with Crippen molar-refractivity contribution in [1.82, 2.24) is 25.3 Å². The molecule has 1 saturated heterocycles. The average Bonchev–Trinajstić information content (AvgIpc) is 2.50. The third-order valence-electron chi connectivity index (χ3n) is 3.19. The standard InChI is InChI=1S/C13H16N6/c1-3-10(7-14-4-1)11-8-18-12(9-17-11)19-13-15-5-2-6-16-13/h2,5-6,8-10,14H,1,3-4,7H2,(H,15,16,18,19)/t10-/m0/s1. The Bertz CT molecular complexity index is 506. The molecular formula is C13H16N6. The van der Waals surface area contributed by atoms with Gasteiger partial charge in [-0.15, -0.1) is 0 Å². The van der Waals surface area contributed by atoms with Crippen molar-refractivity contribution in [3.63, 3.8) is 0 Å². The van der Waals surface area contributed by atoms with E-state index in [-0.39, 0.29) is 0 Å². The van der Waals surface area contributed by atoms with Crippen LogP contribution in [0.1, 0.15) is 24.5 Å². The summed E-state index contributed by atoms with van der Waals surface area (Å²) >= 11 is 0. The van der Waals surface area contributed by atoms with Crippen LogP contribution in [0.3, 0.4) is 0 Å². The monoisotopic (exact) mass is 256 g/mol. The number of anilines is 2. The molecule has 0 radical (unpaired) electrons. The maximum absolute atomic E-state index is 4.48. The first kappa shape index (κ1) is 12.0. The molecule has 2 aromatic heterocycles. The van der Waals surface area contributed by atoms with E-state index >= 15 is 0 Å². The summed E-state index contributed by atoms with van der Waals surface area (Å²) in [5.41, 5.74) is 1.05. The van der Waals surface area contributed by atoms with Crippen molar-refractivity contribution >= 4 is 11.8 Å². The van der Waals surface area contributed by atoms with Crippen LogP contribution >= 0.6 is 0 Å². The summed E-state index contributed by atoms with van der Waals surface area (Å²) in [6.07, 6.45) is 9.32. The zero-order valence-corrected chi connectivity index (χ0v) is 10.6. The first-order valence-electron chi connectivity index (χ1n) is 6.48. The van der Waals surface area contributed by atoms with Crippen LogP contribution in [0.5, 0.6) is 0 Å². The number of aromatic nitrogens is 4. The molecule has 3 rings (SSSR count). The highest BCUT2D eigenvalue weighted by atomic mass is 15.1. The Morgan fingerprint density at radius 3 is 2.68 bits per heavy atom. The minimum Gasteiger partial charge on any atom is -0.316 e. The molecule has 0 bridgehead atoms. The quantitative estimate of drug-likeness (QED) is 0.866. The molecule has 6 nitrogen and oxygen atoms in total. The highest BCUT2D eigenvalue weighted by molar-refractivity contribution is 5.45. The predicted octanol–water partition coefficient (Wildman–Crippen LogP) is 1.48. The van der Waals surface area contributed by atoms with Crippen molar-refractivity contribution in [3.05, 3.63) is 36.5 Å². The number of nitrogens with zero attached hydrogens (tertiary/aromatic N) is 4. The maximum Gasteiger partial charge on any atom is 0.228 e. The Morgan fingerprint density at radius 2 is 2.00 bits per heavy atom. The molecular weight excluding hydrogens is 240 g/mol. The number of nitrogens with one attached hydrogen (secondary N) is 2. The van der Waals surface area contributed by atoms with Gasteiger partial charge in [-0.1, -0.05) is 0 Å². The Hall–Kier alpha value is -2.08. The molecule has 1 fully saturated rings. The first-order chi connectivity index (χ1) is 9.42. The van der Waals surface area contributed by atoms with Gasteiger partial charge in [0, 0.05) is 24.9 Å². The average molecular weight is 256 g/mol. The maximum atomic E-state index is 4.48. The van der Waals surface area contributed by atoms with E-state index in [0.717, 1.165) is 18.8 Å². The Balaban J connectivity index is 1.68. The molecule has 6 heteroatoms. The molecule has 1 aliphatic rings. The van der Waals surface area contributed by atoms with Gasteiger partial charge in [0.2, 0.25) is 5.95 Å². The second-order valence-corrected chi connectivity index (χ2v) is 4.57. The van der Waals surface area contributed by atoms with Crippen LogP contribution in [-0.4, -0.2) is 33.0 Å². The highest BCUT2D eigenvalue weighted by Gasteiger charge is 2.16. The van der Waals surface area contributed by atoms with Crippen molar-refractivity contribution in [1.29, 1.82) is 0 Å². The van der Waals surface area contributed by atoms with Crippen molar-refractivity contribution in [3.8, 4) is 0 Å². The number of hydrogen-bond acceptors (Lipinski definition) is 6. The van der Waals surface area contributed by atoms with Gasteiger partial charge >= 0.3 is 0 Å². The second-order valence-electron chi connectivity index (χ2n) is 4.57. The van der Waals surface area contributed by atoms with E-state index in [1.54, 1.807) is 24.7 Å². The molecule has 19 heavy (non-hydrogen) atoms. The second kappa shape index (κ2) is 5.71. The lowest BCUT2D eigenvalue weighted by Gasteiger charge is -2.21. The van der Waals surface area contributed by atoms with Gasteiger partial charge in [-0.05, 0) is 25.5 Å². The van der Waals surface area contributed by atoms with Crippen molar-refractivity contribution in [2.24, 2.45) is 0 Å². The molecule has 0 saturated carbocycles. The molecule has 98 valence electrons. The number of rotatable bonds is 3. The molecule has 0 aromatic carbocycles. The summed E-state index contributed by atoms with van der Waals surface area (Å²) in [5.74, 6) is 1.67. The van der Waals surface area contributed by atoms with E-state index in [4.69, 9.17) is 0 Å². The normalized spacial score (nSPS) is 19.1. The van der Waals surface area contributed by atoms with Crippen LogP contribution in [0.15, 0.2) is 30.9 Å². The van der Waals surface area contributed by atoms with Crippen LogP contribution < -0.4 is 10.6 Å². The molecule has 3 heterocycles. The summed E-state index contributed by atoms with van der Waals surface area (Å²) in [6, 6.07) is 1.77. The molecule has 0 aliphatic carbocycles. The largest absolute Gasteiger partial charge is 0.316 e. The van der Waals surface area contributed by atoms with Gasteiger partial charge in [0.15, 0.2) is 5.82 Å². The van der Waals surface area contributed by atoms with Crippen molar-refractivity contribution < 1.29 is 0 Å².